The topological polar surface area (TPSA) is 42.0 Å². The van der Waals surface area contributed by atoms with Crippen molar-refractivity contribution >= 4 is 22.8 Å². The van der Waals surface area contributed by atoms with E-state index in [0.29, 0.717) is 6.54 Å². The van der Waals surface area contributed by atoms with E-state index < -0.39 is 0 Å². The molecule has 1 aliphatic carbocycles. The third kappa shape index (κ3) is 2.90. The zero-order valence-electron chi connectivity index (χ0n) is 12.2. The lowest BCUT2D eigenvalue weighted by atomic mass is 10.1. The molecule has 1 N–H and O–H groups in total. The second kappa shape index (κ2) is 5.82. The van der Waals surface area contributed by atoms with Gasteiger partial charge in [0.2, 0.25) is 5.91 Å². The van der Waals surface area contributed by atoms with Crippen LogP contribution in [0, 0.1) is 5.92 Å². The van der Waals surface area contributed by atoms with Crippen molar-refractivity contribution in [1.82, 2.24) is 10.3 Å². The van der Waals surface area contributed by atoms with E-state index in [0.717, 1.165) is 22.7 Å². The average molecular weight is 298 g/mol. The Labute approximate surface area is 128 Å². The van der Waals surface area contributed by atoms with Gasteiger partial charge in [-0.2, -0.15) is 0 Å². The molecular formula is C17H18N2OS. The van der Waals surface area contributed by atoms with Crippen molar-refractivity contribution < 1.29 is 4.79 Å². The summed E-state index contributed by atoms with van der Waals surface area (Å²) in [5.41, 5.74) is 4.58. The van der Waals surface area contributed by atoms with Crippen LogP contribution in [0.15, 0.2) is 41.3 Å². The number of aryl methyl sites for hydroxylation is 1. The van der Waals surface area contributed by atoms with Crippen LogP contribution in [-0.4, -0.2) is 10.9 Å². The molecule has 0 fully saturated rings. The van der Waals surface area contributed by atoms with Crippen molar-refractivity contribution in [3.8, 4) is 0 Å². The number of aromatic nitrogens is 1. The van der Waals surface area contributed by atoms with E-state index in [-0.39, 0.29) is 11.8 Å². The highest BCUT2D eigenvalue weighted by atomic mass is 32.1. The highest BCUT2D eigenvalue weighted by molar-refractivity contribution is 7.09. The minimum atomic E-state index is -0.0574. The van der Waals surface area contributed by atoms with Crippen LogP contribution in [0.2, 0.25) is 0 Å². The minimum absolute atomic E-state index is 0.0574. The van der Waals surface area contributed by atoms with E-state index in [1.165, 1.54) is 11.1 Å². The second-order valence-corrected chi connectivity index (χ2v) is 6.14. The maximum atomic E-state index is 12.3. The molecule has 1 aliphatic rings. The van der Waals surface area contributed by atoms with Gasteiger partial charge in [-0.3, -0.25) is 4.79 Å². The Hall–Kier alpha value is -1.94. The van der Waals surface area contributed by atoms with E-state index in [2.05, 4.69) is 34.7 Å². The smallest absolute Gasteiger partial charge is 0.232 e. The molecule has 0 saturated carbocycles. The number of nitrogens with zero attached hydrogens (tertiary/aromatic N) is 1. The van der Waals surface area contributed by atoms with Gasteiger partial charge in [0.15, 0.2) is 0 Å². The zero-order chi connectivity index (χ0) is 14.8. The number of benzene rings is 1. The van der Waals surface area contributed by atoms with Crippen LogP contribution in [-0.2, 0) is 17.8 Å². The first-order valence-electron chi connectivity index (χ1n) is 7.17. The molecular weight excluding hydrogens is 280 g/mol. The first-order valence-corrected chi connectivity index (χ1v) is 8.05. The van der Waals surface area contributed by atoms with Gasteiger partial charge in [-0.1, -0.05) is 42.8 Å². The molecule has 1 aromatic heterocycles. The zero-order valence-corrected chi connectivity index (χ0v) is 13.0. The molecule has 0 bridgehead atoms. The highest BCUT2D eigenvalue weighted by Gasteiger charge is 2.39. The third-order valence-electron chi connectivity index (χ3n) is 3.79. The van der Waals surface area contributed by atoms with Crippen molar-refractivity contribution in [2.45, 2.75) is 26.8 Å². The van der Waals surface area contributed by atoms with Crippen molar-refractivity contribution in [3.63, 3.8) is 0 Å². The lowest BCUT2D eigenvalue weighted by Gasteiger charge is -2.03. The Morgan fingerprint density at radius 3 is 2.76 bits per heavy atom. The Kier molecular flexibility index (Phi) is 3.88. The lowest BCUT2D eigenvalue weighted by Crippen LogP contribution is -2.25. The normalized spacial score (nSPS) is 17.0. The molecule has 0 unspecified atom stereocenters. The van der Waals surface area contributed by atoms with Crippen molar-refractivity contribution in [2.75, 3.05) is 0 Å². The molecule has 0 saturated heterocycles. The summed E-state index contributed by atoms with van der Waals surface area (Å²) in [5, 5.41) is 6.02. The summed E-state index contributed by atoms with van der Waals surface area (Å²) < 4.78 is 0. The second-order valence-electron chi connectivity index (χ2n) is 5.20. The van der Waals surface area contributed by atoms with E-state index >= 15 is 0 Å². The molecule has 0 spiro atoms. The average Bonchev–Trinajstić information content (AvgIpc) is 2.98. The fourth-order valence-corrected chi connectivity index (χ4v) is 3.34. The van der Waals surface area contributed by atoms with Gasteiger partial charge in [0.05, 0.1) is 18.2 Å². The van der Waals surface area contributed by atoms with Gasteiger partial charge in [0.1, 0.15) is 5.01 Å². The van der Waals surface area contributed by atoms with Crippen LogP contribution in [0.25, 0.3) is 5.57 Å². The first kappa shape index (κ1) is 14.0. The Morgan fingerprint density at radius 1 is 1.33 bits per heavy atom. The molecule has 1 aromatic carbocycles. The molecule has 108 valence electrons. The number of hydrogen-bond donors (Lipinski definition) is 1. The summed E-state index contributed by atoms with van der Waals surface area (Å²) >= 11 is 1.61. The molecule has 3 rings (SSSR count). The van der Waals surface area contributed by atoms with Crippen LogP contribution < -0.4 is 5.32 Å². The molecule has 3 nitrogen and oxygen atoms in total. The van der Waals surface area contributed by atoms with Crippen LogP contribution in [0.5, 0.6) is 0 Å². The maximum absolute atomic E-state index is 12.3. The third-order valence-corrected chi connectivity index (χ3v) is 4.68. The summed E-state index contributed by atoms with van der Waals surface area (Å²) in [6.07, 6.45) is 0.936. The number of carbonyl (C=O) groups excluding carboxylic acids is 1. The van der Waals surface area contributed by atoms with Gasteiger partial charge in [-0.15, -0.1) is 11.3 Å². The van der Waals surface area contributed by atoms with E-state index in [9.17, 15) is 4.79 Å². The minimum Gasteiger partial charge on any atom is -0.349 e. The van der Waals surface area contributed by atoms with Crippen molar-refractivity contribution in [2.24, 2.45) is 5.92 Å². The first-order chi connectivity index (χ1) is 10.2. The molecule has 21 heavy (non-hydrogen) atoms. The number of hydrogen-bond acceptors (Lipinski definition) is 3. The Morgan fingerprint density at radius 2 is 2.10 bits per heavy atom. The summed E-state index contributed by atoms with van der Waals surface area (Å²) in [6.45, 7) is 4.64. The van der Waals surface area contributed by atoms with E-state index in [1.807, 2.05) is 25.1 Å². The SMILES string of the molecule is CCc1csc(CNC(=O)[C@H]2C(C)=C2c2ccccc2)n1. The number of carbonyl (C=O) groups is 1. The number of thiazole rings is 1. The fraction of sp³-hybridized carbons (Fsp3) is 0.294. The van der Waals surface area contributed by atoms with E-state index in [4.69, 9.17) is 0 Å². The number of rotatable bonds is 5. The molecule has 4 heteroatoms. The summed E-state index contributed by atoms with van der Waals surface area (Å²) in [4.78, 5) is 16.7. The van der Waals surface area contributed by atoms with E-state index in [1.54, 1.807) is 11.3 Å². The van der Waals surface area contributed by atoms with Crippen LogP contribution in [0.3, 0.4) is 0 Å². The molecule has 2 aromatic rings. The Balaban J connectivity index is 1.58. The van der Waals surface area contributed by atoms with Crippen molar-refractivity contribution in [1.29, 1.82) is 0 Å². The molecule has 0 radical (unpaired) electrons. The molecule has 1 atom stereocenters. The monoisotopic (exact) mass is 298 g/mol. The van der Waals surface area contributed by atoms with Crippen LogP contribution >= 0.6 is 11.3 Å². The molecule has 0 aliphatic heterocycles. The molecule has 1 amide bonds. The largest absolute Gasteiger partial charge is 0.349 e. The van der Waals surface area contributed by atoms with Crippen molar-refractivity contribution in [3.05, 3.63) is 57.6 Å². The van der Waals surface area contributed by atoms with Gasteiger partial charge >= 0.3 is 0 Å². The standard InChI is InChI=1S/C17H18N2OS/c1-3-13-10-21-14(19-13)9-18-17(20)16-11(2)15(16)12-7-5-4-6-8-12/h4-8,10,16H,3,9H2,1-2H3,(H,18,20)/t16-/m0/s1. The predicted molar refractivity (Wildman–Crippen MR) is 85.9 cm³/mol. The van der Waals surface area contributed by atoms with Gasteiger partial charge in [-0.05, 0) is 24.5 Å². The summed E-state index contributed by atoms with van der Waals surface area (Å²) in [5.74, 6) is 0.0256. The number of amides is 1. The highest BCUT2D eigenvalue weighted by Crippen LogP contribution is 2.46. The van der Waals surface area contributed by atoms with Gasteiger partial charge in [-0.25, -0.2) is 4.98 Å². The van der Waals surface area contributed by atoms with Crippen LogP contribution in [0.4, 0.5) is 0 Å². The summed E-state index contributed by atoms with van der Waals surface area (Å²) in [7, 11) is 0. The number of nitrogens with one attached hydrogen (secondary N) is 1. The maximum Gasteiger partial charge on any atom is 0.232 e. The van der Waals surface area contributed by atoms with Crippen LogP contribution in [0.1, 0.15) is 30.1 Å². The van der Waals surface area contributed by atoms with Gasteiger partial charge < -0.3 is 5.32 Å². The van der Waals surface area contributed by atoms with Gasteiger partial charge in [0.25, 0.3) is 0 Å². The molecule has 1 heterocycles. The summed E-state index contributed by atoms with van der Waals surface area (Å²) in [6, 6.07) is 10.1. The lowest BCUT2D eigenvalue weighted by molar-refractivity contribution is -0.121. The quantitative estimate of drug-likeness (QED) is 0.919. The predicted octanol–water partition coefficient (Wildman–Crippen LogP) is 3.43. The van der Waals surface area contributed by atoms with Gasteiger partial charge in [0, 0.05) is 5.38 Å². The fourth-order valence-electron chi connectivity index (χ4n) is 2.53. The Bertz CT molecular complexity index is 688.